The molecule has 2 rings (SSSR count). The molecular formula is C14H18ClNO3. The number of nitrogens with zero attached hydrogens (tertiary/aromatic N) is 1. The summed E-state index contributed by atoms with van der Waals surface area (Å²) in [5, 5.41) is 10.9. The van der Waals surface area contributed by atoms with Crippen molar-refractivity contribution in [1.29, 1.82) is 0 Å². The van der Waals surface area contributed by atoms with Gasteiger partial charge in [0.1, 0.15) is 11.9 Å². The average molecular weight is 284 g/mol. The molecule has 0 radical (unpaired) electrons. The largest absolute Gasteiger partial charge is 0.489 e. The summed E-state index contributed by atoms with van der Waals surface area (Å²) in [7, 11) is 0. The first-order valence-electron chi connectivity index (χ1n) is 6.44. The van der Waals surface area contributed by atoms with Crippen molar-refractivity contribution in [3.05, 3.63) is 33.9 Å². The lowest BCUT2D eigenvalue weighted by Crippen LogP contribution is -2.55. The maximum Gasteiger partial charge on any atom is 0.273 e. The summed E-state index contributed by atoms with van der Waals surface area (Å²) in [6.07, 6.45) is 1.74. The monoisotopic (exact) mass is 283 g/mol. The van der Waals surface area contributed by atoms with E-state index in [0.29, 0.717) is 5.75 Å². The van der Waals surface area contributed by atoms with Crippen LogP contribution in [0, 0.1) is 22.5 Å². The number of nitro groups is 1. The first kappa shape index (κ1) is 14.1. The second-order valence-corrected chi connectivity index (χ2v) is 5.90. The van der Waals surface area contributed by atoms with Crippen molar-refractivity contribution in [2.45, 2.75) is 45.1 Å². The predicted molar refractivity (Wildman–Crippen MR) is 74.9 cm³/mol. The summed E-state index contributed by atoms with van der Waals surface area (Å²) in [5.74, 6) is 0.586. The van der Waals surface area contributed by atoms with Crippen molar-refractivity contribution in [2.75, 3.05) is 0 Å². The topological polar surface area (TPSA) is 52.4 Å². The van der Waals surface area contributed by atoms with Crippen molar-refractivity contribution in [2.24, 2.45) is 5.41 Å². The lowest BCUT2D eigenvalue weighted by molar-refractivity contribution is -0.385. The van der Waals surface area contributed by atoms with Gasteiger partial charge in [-0.25, -0.2) is 0 Å². The summed E-state index contributed by atoms with van der Waals surface area (Å²) >= 11 is 6.25. The number of non-ortho nitro benzene ring substituents is 1. The van der Waals surface area contributed by atoms with E-state index in [4.69, 9.17) is 16.3 Å². The van der Waals surface area contributed by atoms with Crippen LogP contribution >= 0.6 is 11.6 Å². The highest BCUT2D eigenvalue weighted by Crippen LogP contribution is 2.49. The van der Waals surface area contributed by atoms with Crippen LogP contribution in [0.25, 0.3) is 0 Å². The number of benzene rings is 1. The van der Waals surface area contributed by atoms with Gasteiger partial charge in [-0.15, -0.1) is 11.6 Å². The fraction of sp³-hybridized carbons (Fsp3) is 0.571. The zero-order chi connectivity index (χ0) is 14.2. The Morgan fingerprint density at radius 2 is 2.26 bits per heavy atom. The minimum Gasteiger partial charge on any atom is -0.489 e. The summed E-state index contributed by atoms with van der Waals surface area (Å²) in [6, 6.07) is 4.70. The second kappa shape index (κ2) is 5.00. The summed E-state index contributed by atoms with van der Waals surface area (Å²) in [6.45, 7) is 6.08. The number of alkyl halides is 1. The van der Waals surface area contributed by atoms with Gasteiger partial charge in [-0.1, -0.05) is 13.8 Å². The Balaban J connectivity index is 2.20. The van der Waals surface area contributed by atoms with Gasteiger partial charge in [0.25, 0.3) is 5.69 Å². The molecule has 19 heavy (non-hydrogen) atoms. The third-order valence-electron chi connectivity index (χ3n) is 4.29. The van der Waals surface area contributed by atoms with Crippen LogP contribution in [0.4, 0.5) is 5.69 Å². The van der Waals surface area contributed by atoms with E-state index in [9.17, 15) is 10.1 Å². The Bertz CT molecular complexity index is 505. The Kier molecular flexibility index (Phi) is 3.72. The predicted octanol–water partition coefficient (Wildman–Crippen LogP) is 4.08. The molecule has 1 fully saturated rings. The number of hydrogen-bond acceptors (Lipinski definition) is 3. The number of rotatable bonds is 4. The molecule has 0 bridgehead atoms. The van der Waals surface area contributed by atoms with Crippen molar-refractivity contribution < 1.29 is 9.66 Å². The van der Waals surface area contributed by atoms with E-state index < -0.39 is 4.92 Å². The van der Waals surface area contributed by atoms with Crippen LogP contribution in [0.5, 0.6) is 5.75 Å². The molecule has 1 aliphatic rings. The molecule has 1 aliphatic carbocycles. The highest BCUT2D eigenvalue weighted by Gasteiger charge is 2.51. The summed E-state index contributed by atoms with van der Waals surface area (Å²) in [5.41, 5.74) is 0.904. The molecule has 0 amide bonds. The Labute approximate surface area is 117 Å². The molecule has 0 spiro atoms. The summed E-state index contributed by atoms with van der Waals surface area (Å²) < 4.78 is 5.96. The zero-order valence-electron chi connectivity index (χ0n) is 11.4. The molecule has 0 heterocycles. The number of halogens is 1. The fourth-order valence-electron chi connectivity index (χ4n) is 2.38. The van der Waals surface area contributed by atoms with Crippen molar-refractivity contribution in [3.63, 3.8) is 0 Å². The number of nitro benzene ring substituents is 1. The van der Waals surface area contributed by atoms with E-state index in [1.165, 1.54) is 12.1 Å². The SMILES string of the molecule is CCC1(C)C(Cl)CC1Oc1cc([N+](=O)[O-])ccc1C. The van der Waals surface area contributed by atoms with E-state index in [2.05, 4.69) is 13.8 Å². The molecule has 3 unspecified atom stereocenters. The molecular weight excluding hydrogens is 266 g/mol. The van der Waals surface area contributed by atoms with Gasteiger partial charge in [0, 0.05) is 23.3 Å². The Morgan fingerprint density at radius 3 is 2.79 bits per heavy atom. The molecule has 1 saturated carbocycles. The van der Waals surface area contributed by atoms with Gasteiger partial charge in [0.05, 0.1) is 11.0 Å². The molecule has 104 valence electrons. The molecule has 1 aromatic rings. The van der Waals surface area contributed by atoms with Gasteiger partial charge in [-0.05, 0) is 25.0 Å². The van der Waals surface area contributed by atoms with Gasteiger partial charge < -0.3 is 4.74 Å². The molecule has 0 aliphatic heterocycles. The van der Waals surface area contributed by atoms with Crippen molar-refractivity contribution in [1.82, 2.24) is 0 Å². The standard InChI is InChI=1S/C14H18ClNO3/c1-4-14(3)12(15)8-13(14)19-11-7-10(16(17)18)6-5-9(11)2/h5-7,12-13H,4,8H2,1-3H3. The smallest absolute Gasteiger partial charge is 0.273 e. The maximum absolute atomic E-state index is 10.8. The van der Waals surface area contributed by atoms with Gasteiger partial charge in [-0.2, -0.15) is 0 Å². The average Bonchev–Trinajstić information content (AvgIpc) is 2.39. The zero-order valence-corrected chi connectivity index (χ0v) is 12.1. The fourth-order valence-corrected chi connectivity index (χ4v) is 2.84. The first-order valence-corrected chi connectivity index (χ1v) is 6.88. The molecule has 4 nitrogen and oxygen atoms in total. The van der Waals surface area contributed by atoms with Crippen LogP contribution in [0.1, 0.15) is 32.3 Å². The van der Waals surface area contributed by atoms with Gasteiger partial charge in [0.15, 0.2) is 0 Å². The van der Waals surface area contributed by atoms with Crippen LogP contribution in [0.15, 0.2) is 18.2 Å². The Morgan fingerprint density at radius 1 is 1.58 bits per heavy atom. The molecule has 1 aromatic carbocycles. The van der Waals surface area contributed by atoms with Crippen LogP contribution in [-0.4, -0.2) is 16.4 Å². The van der Waals surface area contributed by atoms with Crippen LogP contribution in [0.3, 0.4) is 0 Å². The van der Waals surface area contributed by atoms with E-state index >= 15 is 0 Å². The van der Waals surface area contributed by atoms with Gasteiger partial charge >= 0.3 is 0 Å². The Hall–Kier alpha value is -1.29. The second-order valence-electron chi connectivity index (χ2n) is 5.38. The molecule has 0 N–H and O–H groups in total. The lowest BCUT2D eigenvalue weighted by atomic mass is 9.65. The third-order valence-corrected chi connectivity index (χ3v) is 4.96. The molecule has 3 atom stereocenters. The van der Waals surface area contributed by atoms with Crippen molar-refractivity contribution in [3.8, 4) is 5.75 Å². The summed E-state index contributed by atoms with van der Waals surface area (Å²) in [4.78, 5) is 10.4. The normalized spacial score (nSPS) is 29.7. The number of hydrogen-bond donors (Lipinski definition) is 0. The first-order chi connectivity index (χ1) is 8.88. The number of aryl methyl sites for hydroxylation is 1. The van der Waals surface area contributed by atoms with Crippen molar-refractivity contribution >= 4 is 17.3 Å². The van der Waals surface area contributed by atoms with E-state index in [0.717, 1.165) is 18.4 Å². The van der Waals surface area contributed by atoms with E-state index in [1.54, 1.807) is 6.07 Å². The molecule has 0 aromatic heterocycles. The van der Waals surface area contributed by atoms with Gasteiger partial charge in [0.2, 0.25) is 0 Å². The highest BCUT2D eigenvalue weighted by molar-refractivity contribution is 6.21. The molecule has 5 heteroatoms. The molecule has 0 saturated heterocycles. The van der Waals surface area contributed by atoms with Gasteiger partial charge in [-0.3, -0.25) is 10.1 Å². The third kappa shape index (κ3) is 2.41. The highest BCUT2D eigenvalue weighted by atomic mass is 35.5. The lowest BCUT2D eigenvalue weighted by Gasteiger charge is -2.50. The number of ether oxygens (including phenoxy) is 1. The minimum absolute atomic E-state index is 0.0284. The quantitative estimate of drug-likeness (QED) is 0.475. The van der Waals surface area contributed by atoms with Crippen LogP contribution in [0.2, 0.25) is 0 Å². The van der Waals surface area contributed by atoms with E-state index in [-0.39, 0.29) is 22.6 Å². The minimum atomic E-state index is -0.406. The maximum atomic E-state index is 10.8. The van der Waals surface area contributed by atoms with Crippen LogP contribution < -0.4 is 4.74 Å². The van der Waals surface area contributed by atoms with Crippen LogP contribution in [-0.2, 0) is 0 Å². The van der Waals surface area contributed by atoms with E-state index in [1.807, 2.05) is 6.92 Å².